The molecule has 1 aliphatic heterocycles. The number of rotatable bonds is 6. The molecule has 33 heavy (non-hydrogen) atoms. The lowest BCUT2D eigenvalue weighted by atomic mass is 10.2. The first-order chi connectivity index (χ1) is 15.7. The molecular formula is C22H22N4O5S2. The number of nitrogens with one attached hydrogen (secondary N) is 2. The topological polar surface area (TPSA) is 121 Å². The van der Waals surface area contributed by atoms with Crippen LogP contribution in [-0.2, 0) is 24.9 Å². The summed E-state index contributed by atoms with van der Waals surface area (Å²) >= 11 is 2.72. The summed E-state index contributed by atoms with van der Waals surface area (Å²) in [5.41, 5.74) is 1.83. The Bertz CT molecular complexity index is 1320. The molecule has 0 saturated carbocycles. The number of benzene rings is 1. The fraction of sp³-hybridized carbons (Fsp3) is 0.318. The first-order valence-electron chi connectivity index (χ1n) is 10.2. The van der Waals surface area contributed by atoms with E-state index in [1.807, 2.05) is 13.8 Å². The van der Waals surface area contributed by atoms with E-state index in [0.717, 1.165) is 10.4 Å². The lowest BCUT2D eigenvalue weighted by Gasteiger charge is -2.29. The van der Waals surface area contributed by atoms with Crippen molar-refractivity contribution in [3.05, 3.63) is 50.9 Å². The first kappa shape index (κ1) is 23.0. The van der Waals surface area contributed by atoms with Crippen molar-refractivity contribution >= 4 is 62.5 Å². The number of hydrogen-bond donors (Lipinski definition) is 2. The summed E-state index contributed by atoms with van der Waals surface area (Å²) in [6.45, 7) is 4.90. The number of aryl methyl sites for hydroxylation is 2. The third-order valence-corrected chi connectivity index (χ3v) is 7.53. The molecule has 1 aromatic carbocycles. The number of thiophene rings is 1. The van der Waals surface area contributed by atoms with Gasteiger partial charge < -0.3 is 15.0 Å². The molecule has 1 atom stereocenters. The van der Waals surface area contributed by atoms with E-state index in [-0.39, 0.29) is 18.0 Å². The number of aromatic amines is 1. The van der Waals surface area contributed by atoms with E-state index in [0.29, 0.717) is 33.2 Å². The van der Waals surface area contributed by atoms with E-state index >= 15 is 0 Å². The number of carbonyl (C=O) groups excluding carboxylic acids is 3. The van der Waals surface area contributed by atoms with Gasteiger partial charge in [-0.25, -0.2) is 4.98 Å². The third-order valence-electron chi connectivity index (χ3n) is 5.30. The number of anilines is 2. The molecule has 3 aromatic rings. The van der Waals surface area contributed by atoms with Gasteiger partial charge in [0.25, 0.3) is 11.5 Å². The Labute approximate surface area is 197 Å². The van der Waals surface area contributed by atoms with Gasteiger partial charge in [0.15, 0.2) is 6.61 Å². The van der Waals surface area contributed by atoms with Crippen LogP contribution in [-0.4, -0.2) is 46.2 Å². The zero-order valence-corrected chi connectivity index (χ0v) is 19.9. The van der Waals surface area contributed by atoms with Crippen LogP contribution in [0, 0.1) is 13.8 Å². The highest BCUT2D eigenvalue weighted by molar-refractivity contribution is 7.99. The van der Waals surface area contributed by atoms with E-state index in [9.17, 15) is 19.2 Å². The second-order valence-electron chi connectivity index (χ2n) is 7.58. The summed E-state index contributed by atoms with van der Waals surface area (Å²) in [7, 11) is 0. The maximum absolute atomic E-state index is 12.6. The highest BCUT2D eigenvalue weighted by Gasteiger charge is 2.28. The van der Waals surface area contributed by atoms with Gasteiger partial charge in [-0.3, -0.25) is 24.1 Å². The summed E-state index contributed by atoms with van der Waals surface area (Å²) in [5.74, 6) is -0.570. The van der Waals surface area contributed by atoms with Crippen LogP contribution < -0.4 is 15.8 Å². The summed E-state index contributed by atoms with van der Waals surface area (Å²) in [6.07, 6.45) is 0. The lowest BCUT2D eigenvalue weighted by Crippen LogP contribution is -2.44. The van der Waals surface area contributed by atoms with Crippen molar-refractivity contribution in [2.75, 3.05) is 23.4 Å². The van der Waals surface area contributed by atoms with Crippen molar-refractivity contribution in [2.24, 2.45) is 0 Å². The smallest absolute Gasteiger partial charge is 0.319 e. The molecule has 4 rings (SSSR count). The molecule has 0 unspecified atom stereocenters. The molecule has 0 aliphatic carbocycles. The number of fused-ring (bicyclic) bond motifs is 2. The van der Waals surface area contributed by atoms with Crippen molar-refractivity contribution in [1.29, 1.82) is 0 Å². The van der Waals surface area contributed by atoms with Crippen LogP contribution >= 0.6 is 23.1 Å². The fourth-order valence-electron chi connectivity index (χ4n) is 3.42. The third kappa shape index (κ3) is 4.79. The lowest BCUT2D eigenvalue weighted by molar-refractivity contribution is -0.147. The van der Waals surface area contributed by atoms with Gasteiger partial charge >= 0.3 is 5.97 Å². The Morgan fingerprint density at radius 1 is 1.27 bits per heavy atom. The van der Waals surface area contributed by atoms with Crippen molar-refractivity contribution < 1.29 is 19.1 Å². The molecule has 172 valence electrons. The van der Waals surface area contributed by atoms with Crippen LogP contribution in [0.2, 0.25) is 0 Å². The van der Waals surface area contributed by atoms with E-state index in [1.165, 1.54) is 28.0 Å². The molecule has 0 fully saturated rings. The number of carbonyl (C=O) groups is 3. The normalized spacial score (nSPS) is 14.0. The Morgan fingerprint density at radius 3 is 2.82 bits per heavy atom. The van der Waals surface area contributed by atoms with Gasteiger partial charge in [0.1, 0.15) is 22.4 Å². The number of H-pyrrole nitrogens is 1. The number of esters is 1. The van der Waals surface area contributed by atoms with Gasteiger partial charge in [0.2, 0.25) is 5.91 Å². The van der Waals surface area contributed by atoms with Gasteiger partial charge in [0, 0.05) is 4.88 Å². The maximum Gasteiger partial charge on any atom is 0.319 e. The molecule has 2 amide bonds. The fourth-order valence-corrected chi connectivity index (χ4v) is 5.22. The maximum atomic E-state index is 12.6. The number of ether oxygens (including phenoxy) is 1. The van der Waals surface area contributed by atoms with Gasteiger partial charge in [-0.1, -0.05) is 12.1 Å². The standard InChI is InChI=1S/C22H22N4O5S2/c1-11-12(2)33-21-19(11)20(29)24-16(25-21)10-32-13(3)22(30)31-9-18(28)26-8-17(27)23-14-6-4-5-7-15(14)26/h4-7,13H,8-10H2,1-3H3,(H,23,27)(H,24,25,29)/t13-/m0/s1. The van der Waals surface area contributed by atoms with E-state index < -0.39 is 23.7 Å². The summed E-state index contributed by atoms with van der Waals surface area (Å²) in [4.78, 5) is 59.6. The minimum atomic E-state index is -0.581. The van der Waals surface area contributed by atoms with Crippen molar-refractivity contribution in [1.82, 2.24) is 9.97 Å². The van der Waals surface area contributed by atoms with Crippen molar-refractivity contribution in [3.63, 3.8) is 0 Å². The number of amides is 2. The van der Waals surface area contributed by atoms with Crippen LogP contribution in [0.1, 0.15) is 23.2 Å². The van der Waals surface area contributed by atoms with Gasteiger partial charge in [-0.05, 0) is 38.5 Å². The van der Waals surface area contributed by atoms with Crippen LogP contribution in [0.3, 0.4) is 0 Å². The Hall–Kier alpha value is -3.18. The second-order valence-corrected chi connectivity index (χ2v) is 10.1. The predicted molar refractivity (Wildman–Crippen MR) is 129 cm³/mol. The minimum absolute atomic E-state index is 0.138. The van der Waals surface area contributed by atoms with E-state index in [4.69, 9.17) is 4.74 Å². The molecule has 0 saturated heterocycles. The highest BCUT2D eigenvalue weighted by atomic mass is 32.2. The number of thioether (sulfide) groups is 1. The second kappa shape index (κ2) is 9.36. The molecule has 0 radical (unpaired) electrons. The molecule has 11 heteroatoms. The van der Waals surface area contributed by atoms with Crippen LogP contribution in [0.4, 0.5) is 11.4 Å². The van der Waals surface area contributed by atoms with Crippen molar-refractivity contribution in [3.8, 4) is 0 Å². The summed E-state index contributed by atoms with van der Waals surface area (Å²) in [6, 6.07) is 6.93. The molecule has 3 heterocycles. The average Bonchev–Trinajstić information content (AvgIpc) is 3.08. The SMILES string of the molecule is Cc1sc2nc(CS[C@@H](C)C(=O)OCC(=O)N3CC(=O)Nc4ccccc43)[nH]c(=O)c2c1C. The number of aromatic nitrogens is 2. The quantitative estimate of drug-likeness (QED) is 0.514. The zero-order chi connectivity index (χ0) is 23.7. The molecule has 0 bridgehead atoms. The van der Waals surface area contributed by atoms with Crippen molar-refractivity contribution in [2.45, 2.75) is 31.8 Å². The number of nitrogens with zero attached hydrogens (tertiary/aromatic N) is 2. The van der Waals surface area contributed by atoms with Gasteiger partial charge in [-0.15, -0.1) is 23.1 Å². The van der Waals surface area contributed by atoms with Crippen LogP contribution in [0.25, 0.3) is 10.2 Å². The summed E-state index contributed by atoms with van der Waals surface area (Å²) in [5, 5.41) is 2.73. The monoisotopic (exact) mass is 486 g/mol. The average molecular weight is 487 g/mol. The molecule has 1 aliphatic rings. The van der Waals surface area contributed by atoms with Crippen LogP contribution in [0.5, 0.6) is 0 Å². The Balaban J connectivity index is 1.34. The molecule has 2 N–H and O–H groups in total. The number of hydrogen-bond acceptors (Lipinski definition) is 8. The Kier molecular flexibility index (Phi) is 6.52. The Morgan fingerprint density at radius 2 is 2.03 bits per heavy atom. The summed E-state index contributed by atoms with van der Waals surface area (Å²) < 4.78 is 5.20. The minimum Gasteiger partial charge on any atom is -0.455 e. The number of para-hydroxylation sites is 2. The molecule has 9 nitrogen and oxygen atoms in total. The van der Waals surface area contributed by atoms with E-state index in [1.54, 1.807) is 31.2 Å². The largest absolute Gasteiger partial charge is 0.455 e. The molecule has 2 aromatic heterocycles. The molecule has 0 spiro atoms. The molecular weight excluding hydrogens is 464 g/mol. The first-order valence-corrected chi connectivity index (χ1v) is 12.1. The van der Waals surface area contributed by atoms with E-state index in [2.05, 4.69) is 15.3 Å². The predicted octanol–water partition coefficient (Wildman–Crippen LogP) is 2.75. The highest BCUT2D eigenvalue weighted by Crippen LogP contribution is 2.29. The van der Waals surface area contributed by atoms with Crippen LogP contribution in [0.15, 0.2) is 29.1 Å². The van der Waals surface area contributed by atoms with Gasteiger partial charge in [0.05, 0.1) is 22.5 Å². The van der Waals surface area contributed by atoms with Gasteiger partial charge in [-0.2, -0.15) is 0 Å². The zero-order valence-electron chi connectivity index (χ0n) is 18.3.